The van der Waals surface area contributed by atoms with Crippen molar-refractivity contribution in [3.8, 4) is 5.75 Å². The highest BCUT2D eigenvalue weighted by molar-refractivity contribution is 7.71. The van der Waals surface area contributed by atoms with Gasteiger partial charge in [-0.2, -0.15) is 14.9 Å². The second-order valence-electron chi connectivity index (χ2n) is 6.63. The molecule has 0 aliphatic carbocycles. The molecule has 6 heteroatoms. The number of H-pyrrole nitrogens is 1. The summed E-state index contributed by atoms with van der Waals surface area (Å²) in [6.45, 7) is 6.23. The Hall–Kier alpha value is -2.47. The molecule has 0 fully saturated rings. The van der Waals surface area contributed by atoms with Crippen molar-refractivity contribution in [2.75, 3.05) is 7.11 Å². The summed E-state index contributed by atoms with van der Waals surface area (Å²) in [6.07, 6.45) is 1.80. The van der Waals surface area contributed by atoms with Crippen LogP contribution in [-0.2, 0) is 5.41 Å². The maximum atomic E-state index is 5.28. The first-order chi connectivity index (χ1) is 11.4. The molecular formula is C18H20N4OS. The molecule has 1 heterocycles. The van der Waals surface area contributed by atoms with E-state index >= 15 is 0 Å². The molecule has 3 rings (SSSR count). The first-order valence-electron chi connectivity index (χ1n) is 7.68. The van der Waals surface area contributed by atoms with Crippen LogP contribution >= 0.6 is 12.2 Å². The minimum Gasteiger partial charge on any atom is -0.497 e. The number of hydrogen-bond donors (Lipinski definition) is 1. The number of hydrogen-bond acceptors (Lipinski definition) is 4. The third-order valence-electron chi connectivity index (χ3n) is 3.72. The molecule has 0 spiro atoms. The van der Waals surface area contributed by atoms with Crippen LogP contribution in [-0.4, -0.2) is 28.2 Å². The lowest BCUT2D eigenvalue weighted by atomic mass is 9.96. The van der Waals surface area contributed by atoms with Crippen molar-refractivity contribution in [1.29, 1.82) is 0 Å². The molecule has 0 aliphatic heterocycles. The number of nitrogens with zero attached hydrogens (tertiary/aromatic N) is 3. The van der Waals surface area contributed by atoms with Gasteiger partial charge in [0, 0.05) is 5.41 Å². The van der Waals surface area contributed by atoms with E-state index in [4.69, 9.17) is 17.0 Å². The average Bonchev–Trinajstić information content (AvgIpc) is 2.93. The molecule has 0 aliphatic rings. The summed E-state index contributed by atoms with van der Waals surface area (Å²) in [7, 11) is 1.67. The lowest BCUT2D eigenvalue weighted by molar-refractivity contribution is 0.415. The van der Waals surface area contributed by atoms with Crippen LogP contribution in [0.4, 0.5) is 0 Å². The Kier molecular flexibility index (Phi) is 4.24. The second kappa shape index (κ2) is 6.20. The Morgan fingerprint density at radius 1 is 1.17 bits per heavy atom. The summed E-state index contributed by atoms with van der Waals surface area (Å²) in [6, 6.07) is 12.2. The molecule has 0 bridgehead atoms. The van der Waals surface area contributed by atoms with Gasteiger partial charge in [0.05, 0.1) is 13.3 Å². The van der Waals surface area contributed by atoms with Gasteiger partial charge in [0.1, 0.15) is 5.75 Å². The summed E-state index contributed by atoms with van der Waals surface area (Å²) in [5.41, 5.74) is 0.848. The summed E-state index contributed by atoms with van der Waals surface area (Å²) in [5, 5.41) is 13.9. The molecule has 0 unspecified atom stereocenters. The van der Waals surface area contributed by atoms with E-state index in [1.165, 1.54) is 0 Å². The Balaban J connectivity index is 1.97. The van der Waals surface area contributed by atoms with Crippen LogP contribution in [0.1, 0.15) is 32.2 Å². The molecule has 0 radical (unpaired) electrons. The highest BCUT2D eigenvalue weighted by Gasteiger charge is 2.21. The fraction of sp³-hybridized carbons (Fsp3) is 0.278. The molecule has 2 aromatic carbocycles. The van der Waals surface area contributed by atoms with E-state index in [9.17, 15) is 0 Å². The van der Waals surface area contributed by atoms with E-state index in [0.717, 1.165) is 27.9 Å². The minimum absolute atomic E-state index is 0.148. The van der Waals surface area contributed by atoms with Crippen molar-refractivity contribution < 1.29 is 4.74 Å². The zero-order valence-electron chi connectivity index (χ0n) is 14.2. The van der Waals surface area contributed by atoms with Gasteiger partial charge >= 0.3 is 0 Å². The lowest BCUT2D eigenvalue weighted by Crippen LogP contribution is -2.17. The van der Waals surface area contributed by atoms with Crippen molar-refractivity contribution >= 4 is 29.2 Å². The maximum Gasteiger partial charge on any atom is 0.216 e. The Morgan fingerprint density at radius 2 is 1.88 bits per heavy atom. The topological polar surface area (TPSA) is 55.2 Å². The van der Waals surface area contributed by atoms with Crippen LogP contribution in [0.15, 0.2) is 41.5 Å². The van der Waals surface area contributed by atoms with Crippen LogP contribution in [0.5, 0.6) is 5.75 Å². The highest BCUT2D eigenvalue weighted by Crippen LogP contribution is 2.22. The first-order valence-corrected chi connectivity index (χ1v) is 8.09. The van der Waals surface area contributed by atoms with Crippen LogP contribution in [0.2, 0.25) is 0 Å². The summed E-state index contributed by atoms with van der Waals surface area (Å²) in [5.74, 6) is 1.65. The number of methoxy groups -OCH3 is 1. The molecule has 1 N–H and O–H groups in total. The molecule has 0 atom stereocenters. The van der Waals surface area contributed by atoms with E-state index in [0.29, 0.717) is 4.77 Å². The van der Waals surface area contributed by atoms with Crippen LogP contribution in [0.25, 0.3) is 10.8 Å². The van der Waals surface area contributed by atoms with Gasteiger partial charge in [-0.3, -0.25) is 5.10 Å². The number of fused-ring (bicyclic) bond motifs is 1. The van der Waals surface area contributed by atoms with Gasteiger partial charge < -0.3 is 4.74 Å². The third-order valence-corrected chi connectivity index (χ3v) is 3.98. The number of ether oxygens (including phenoxy) is 1. The summed E-state index contributed by atoms with van der Waals surface area (Å²) >= 11 is 5.28. The Labute approximate surface area is 146 Å². The van der Waals surface area contributed by atoms with E-state index in [1.807, 2.05) is 24.3 Å². The summed E-state index contributed by atoms with van der Waals surface area (Å²) < 4.78 is 7.42. The van der Waals surface area contributed by atoms with Crippen molar-refractivity contribution in [1.82, 2.24) is 14.9 Å². The SMILES string of the molecule is COc1ccc2cc(/C=N\n3c(C(C)(C)C)n[nH]c3=S)ccc2c1. The number of aromatic nitrogens is 3. The third kappa shape index (κ3) is 3.23. The normalized spacial score (nSPS) is 12.2. The number of rotatable bonds is 3. The zero-order chi connectivity index (χ0) is 17.3. The van der Waals surface area contributed by atoms with Crippen molar-refractivity contribution in [3.05, 3.63) is 52.6 Å². The maximum absolute atomic E-state index is 5.28. The molecule has 24 heavy (non-hydrogen) atoms. The van der Waals surface area contributed by atoms with Gasteiger partial charge in [-0.1, -0.05) is 39.0 Å². The van der Waals surface area contributed by atoms with E-state index in [2.05, 4.69) is 48.2 Å². The van der Waals surface area contributed by atoms with Crippen LogP contribution < -0.4 is 4.74 Å². The standard InChI is InChI=1S/C18H20N4OS/c1-18(2,3)16-20-21-17(24)22(16)19-11-12-5-6-14-10-15(23-4)8-7-13(14)9-12/h5-11H,1-4H3,(H,21,24)/b19-11-. The van der Waals surface area contributed by atoms with Gasteiger partial charge in [0.2, 0.25) is 4.77 Å². The number of aromatic amines is 1. The monoisotopic (exact) mass is 340 g/mol. The van der Waals surface area contributed by atoms with E-state index in [-0.39, 0.29) is 5.41 Å². The van der Waals surface area contributed by atoms with E-state index in [1.54, 1.807) is 18.0 Å². The highest BCUT2D eigenvalue weighted by atomic mass is 32.1. The minimum atomic E-state index is -0.148. The second-order valence-corrected chi connectivity index (χ2v) is 7.02. The van der Waals surface area contributed by atoms with Gasteiger partial charge in [0.25, 0.3) is 0 Å². The summed E-state index contributed by atoms with van der Waals surface area (Å²) in [4.78, 5) is 0. The molecular weight excluding hydrogens is 320 g/mol. The van der Waals surface area contributed by atoms with Crippen LogP contribution in [0, 0.1) is 4.77 Å². The van der Waals surface area contributed by atoms with Gasteiger partial charge in [-0.15, -0.1) is 0 Å². The molecule has 1 aromatic heterocycles. The number of nitrogens with one attached hydrogen (secondary N) is 1. The van der Waals surface area contributed by atoms with Crippen molar-refractivity contribution in [3.63, 3.8) is 0 Å². The molecule has 124 valence electrons. The predicted molar refractivity (Wildman–Crippen MR) is 99.6 cm³/mol. The molecule has 5 nitrogen and oxygen atoms in total. The number of benzene rings is 2. The lowest BCUT2D eigenvalue weighted by Gasteiger charge is -2.15. The Morgan fingerprint density at radius 3 is 2.58 bits per heavy atom. The molecule has 0 amide bonds. The van der Waals surface area contributed by atoms with Crippen LogP contribution in [0.3, 0.4) is 0 Å². The Bertz CT molecular complexity index is 963. The largest absolute Gasteiger partial charge is 0.497 e. The van der Waals surface area contributed by atoms with Gasteiger partial charge in [-0.25, -0.2) is 0 Å². The fourth-order valence-electron chi connectivity index (χ4n) is 2.46. The quantitative estimate of drug-likeness (QED) is 0.572. The van der Waals surface area contributed by atoms with Gasteiger partial charge in [-0.05, 0) is 46.8 Å². The predicted octanol–water partition coefficient (Wildman–Crippen LogP) is 4.28. The smallest absolute Gasteiger partial charge is 0.216 e. The van der Waals surface area contributed by atoms with E-state index < -0.39 is 0 Å². The van der Waals surface area contributed by atoms with Crippen molar-refractivity contribution in [2.45, 2.75) is 26.2 Å². The molecule has 0 saturated carbocycles. The first kappa shape index (κ1) is 16.4. The van der Waals surface area contributed by atoms with Gasteiger partial charge in [0.15, 0.2) is 5.82 Å². The zero-order valence-corrected chi connectivity index (χ0v) is 15.0. The average molecular weight is 340 g/mol. The fourth-order valence-corrected chi connectivity index (χ4v) is 2.64. The molecule has 0 saturated heterocycles. The molecule has 3 aromatic rings. The van der Waals surface area contributed by atoms with Crippen molar-refractivity contribution in [2.24, 2.45) is 5.10 Å².